The van der Waals surface area contributed by atoms with Crippen LogP contribution in [0.4, 0.5) is 11.4 Å². The fourth-order valence-electron chi connectivity index (χ4n) is 2.44. The predicted molar refractivity (Wildman–Crippen MR) is 81.6 cm³/mol. The number of nitrogens with zero attached hydrogens (tertiary/aromatic N) is 2. The molecule has 6 nitrogen and oxygen atoms in total. The quantitative estimate of drug-likeness (QED) is 0.619. The summed E-state index contributed by atoms with van der Waals surface area (Å²) in [5, 5.41) is 14.1. The molecule has 0 bridgehead atoms. The van der Waals surface area contributed by atoms with E-state index >= 15 is 0 Å². The minimum atomic E-state index is -0.486. The van der Waals surface area contributed by atoms with Crippen LogP contribution in [0, 0.1) is 16.0 Å². The van der Waals surface area contributed by atoms with Gasteiger partial charge in [0.2, 0.25) is 0 Å². The summed E-state index contributed by atoms with van der Waals surface area (Å²) in [4.78, 5) is 25.3. The van der Waals surface area contributed by atoms with Crippen molar-refractivity contribution in [2.45, 2.75) is 26.2 Å². The highest BCUT2D eigenvalue weighted by Crippen LogP contribution is 2.32. The lowest BCUT2D eigenvalue weighted by Crippen LogP contribution is -2.34. The summed E-state index contributed by atoms with van der Waals surface area (Å²) in [6.45, 7) is 3.34. The van der Waals surface area contributed by atoms with E-state index in [1.165, 1.54) is 6.07 Å². The van der Waals surface area contributed by atoms with Crippen molar-refractivity contribution in [2.24, 2.45) is 5.92 Å². The van der Waals surface area contributed by atoms with Crippen LogP contribution >= 0.6 is 0 Å². The molecule has 0 unspecified atom stereocenters. The second kappa shape index (κ2) is 6.56. The third-order valence-corrected chi connectivity index (χ3v) is 3.67. The first kappa shape index (κ1) is 15.3. The number of para-hydroxylation sites is 1. The van der Waals surface area contributed by atoms with Gasteiger partial charge in [-0.1, -0.05) is 13.0 Å². The molecular weight excluding hydrogens is 270 g/mol. The third-order valence-electron chi connectivity index (χ3n) is 3.67. The number of carbonyl (C=O) groups excluding carboxylic acids is 1. The van der Waals surface area contributed by atoms with Crippen LogP contribution in [0.1, 0.15) is 36.5 Å². The van der Waals surface area contributed by atoms with Crippen molar-refractivity contribution in [3.8, 4) is 0 Å². The summed E-state index contributed by atoms with van der Waals surface area (Å²) in [5.74, 6) is 0.319. The van der Waals surface area contributed by atoms with Gasteiger partial charge in [-0.25, -0.2) is 0 Å². The summed E-state index contributed by atoms with van der Waals surface area (Å²) in [7, 11) is 1.62. The molecule has 1 aromatic rings. The van der Waals surface area contributed by atoms with E-state index < -0.39 is 4.92 Å². The van der Waals surface area contributed by atoms with Crippen LogP contribution in [0.15, 0.2) is 18.2 Å². The van der Waals surface area contributed by atoms with E-state index in [0.717, 1.165) is 19.3 Å². The number of nitro benzene ring substituents is 1. The normalized spacial score (nSPS) is 13.8. The molecule has 6 heteroatoms. The van der Waals surface area contributed by atoms with Crippen molar-refractivity contribution in [1.82, 2.24) is 4.90 Å². The van der Waals surface area contributed by atoms with E-state index in [9.17, 15) is 14.9 Å². The summed E-state index contributed by atoms with van der Waals surface area (Å²) < 4.78 is 0. The topological polar surface area (TPSA) is 75.5 Å². The number of nitro groups is 1. The molecular formula is C15H21N3O3. The minimum Gasteiger partial charge on any atom is -0.383 e. The Bertz CT molecular complexity index is 541. The molecule has 0 saturated heterocycles. The number of hydrogen-bond acceptors (Lipinski definition) is 4. The molecule has 114 valence electrons. The van der Waals surface area contributed by atoms with E-state index in [-0.39, 0.29) is 17.2 Å². The third kappa shape index (κ3) is 3.51. The zero-order valence-electron chi connectivity index (χ0n) is 12.5. The molecule has 0 aromatic heterocycles. The molecule has 0 radical (unpaired) electrons. The van der Waals surface area contributed by atoms with E-state index in [4.69, 9.17) is 0 Å². The molecule has 1 aliphatic rings. The summed E-state index contributed by atoms with van der Waals surface area (Å²) in [5.41, 5.74) is 0.400. The fraction of sp³-hybridized carbons (Fsp3) is 0.533. The molecule has 1 fully saturated rings. The van der Waals surface area contributed by atoms with Gasteiger partial charge in [-0.2, -0.15) is 0 Å². The van der Waals surface area contributed by atoms with Crippen molar-refractivity contribution in [1.29, 1.82) is 0 Å². The highest BCUT2D eigenvalue weighted by molar-refractivity contribution is 6.00. The number of nitrogens with one attached hydrogen (secondary N) is 1. The predicted octanol–water partition coefficient (Wildman–Crippen LogP) is 2.90. The van der Waals surface area contributed by atoms with Gasteiger partial charge in [0.25, 0.3) is 5.91 Å². The number of rotatable bonds is 7. The molecule has 0 heterocycles. The highest BCUT2D eigenvalue weighted by Gasteiger charge is 2.31. The van der Waals surface area contributed by atoms with Gasteiger partial charge in [-0.05, 0) is 37.3 Å². The van der Waals surface area contributed by atoms with Crippen LogP contribution in [-0.2, 0) is 0 Å². The number of carbonyl (C=O) groups is 1. The smallest absolute Gasteiger partial charge is 0.305 e. The molecule has 1 amide bonds. The number of amides is 1. The van der Waals surface area contributed by atoms with Gasteiger partial charge in [0.15, 0.2) is 0 Å². The number of hydrogen-bond donors (Lipinski definition) is 1. The van der Waals surface area contributed by atoms with Gasteiger partial charge in [0, 0.05) is 20.1 Å². The van der Waals surface area contributed by atoms with Crippen molar-refractivity contribution in [2.75, 3.05) is 25.5 Å². The second-order valence-electron chi connectivity index (χ2n) is 5.40. The zero-order valence-corrected chi connectivity index (χ0v) is 12.5. The Morgan fingerprint density at radius 2 is 2.19 bits per heavy atom. The summed E-state index contributed by atoms with van der Waals surface area (Å²) in [6.07, 6.45) is 3.14. The lowest BCUT2D eigenvalue weighted by molar-refractivity contribution is -0.384. The standard InChI is InChI=1S/C15H21N3O3/c1-3-9-17(10-11-7-8-11)15(19)12-5-4-6-13(16-2)14(12)18(20)21/h4-6,11,16H,3,7-10H2,1-2H3. The Kier molecular flexibility index (Phi) is 4.77. The van der Waals surface area contributed by atoms with Crippen LogP contribution in [0.2, 0.25) is 0 Å². The first-order valence-electron chi connectivity index (χ1n) is 7.32. The van der Waals surface area contributed by atoms with Crippen LogP contribution < -0.4 is 5.32 Å². The Morgan fingerprint density at radius 1 is 1.48 bits per heavy atom. The maximum atomic E-state index is 12.7. The van der Waals surface area contributed by atoms with Gasteiger partial charge in [-0.15, -0.1) is 0 Å². The van der Waals surface area contributed by atoms with Crippen LogP contribution in [0.25, 0.3) is 0 Å². The van der Waals surface area contributed by atoms with Gasteiger partial charge in [0.05, 0.1) is 4.92 Å². The molecule has 1 aliphatic carbocycles. The van der Waals surface area contributed by atoms with E-state index in [2.05, 4.69) is 5.32 Å². The second-order valence-corrected chi connectivity index (χ2v) is 5.40. The first-order valence-corrected chi connectivity index (χ1v) is 7.32. The monoisotopic (exact) mass is 291 g/mol. The van der Waals surface area contributed by atoms with E-state index in [1.807, 2.05) is 6.92 Å². The first-order chi connectivity index (χ1) is 10.1. The minimum absolute atomic E-state index is 0.137. The highest BCUT2D eigenvalue weighted by atomic mass is 16.6. The lowest BCUT2D eigenvalue weighted by atomic mass is 10.1. The van der Waals surface area contributed by atoms with Crippen LogP contribution in [0.3, 0.4) is 0 Å². The zero-order chi connectivity index (χ0) is 15.4. The largest absolute Gasteiger partial charge is 0.383 e. The van der Waals surface area contributed by atoms with Crippen LogP contribution in [-0.4, -0.2) is 35.9 Å². The molecule has 1 N–H and O–H groups in total. The van der Waals surface area contributed by atoms with E-state index in [1.54, 1.807) is 24.1 Å². The fourth-order valence-corrected chi connectivity index (χ4v) is 2.44. The molecule has 0 atom stereocenters. The molecule has 0 aliphatic heterocycles. The van der Waals surface area contributed by atoms with Crippen molar-refractivity contribution in [3.05, 3.63) is 33.9 Å². The Hall–Kier alpha value is -2.11. The van der Waals surface area contributed by atoms with Gasteiger partial charge >= 0.3 is 5.69 Å². The van der Waals surface area contributed by atoms with Crippen molar-refractivity contribution in [3.63, 3.8) is 0 Å². The molecule has 0 spiro atoms. The Balaban J connectivity index is 2.33. The van der Waals surface area contributed by atoms with Crippen molar-refractivity contribution >= 4 is 17.3 Å². The van der Waals surface area contributed by atoms with Gasteiger partial charge < -0.3 is 10.2 Å². The molecule has 1 aromatic carbocycles. The van der Waals surface area contributed by atoms with Gasteiger partial charge in [0.1, 0.15) is 11.3 Å². The average Bonchev–Trinajstić information content (AvgIpc) is 3.29. The average molecular weight is 291 g/mol. The number of benzene rings is 1. The molecule has 21 heavy (non-hydrogen) atoms. The maximum absolute atomic E-state index is 12.7. The van der Waals surface area contributed by atoms with Crippen LogP contribution in [0.5, 0.6) is 0 Å². The SMILES string of the molecule is CCCN(CC1CC1)C(=O)c1cccc(NC)c1[N+](=O)[O-]. The summed E-state index contributed by atoms with van der Waals surface area (Å²) >= 11 is 0. The lowest BCUT2D eigenvalue weighted by Gasteiger charge is -2.22. The van der Waals surface area contributed by atoms with E-state index in [0.29, 0.717) is 24.7 Å². The number of anilines is 1. The summed E-state index contributed by atoms with van der Waals surface area (Å²) in [6, 6.07) is 4.82. The van der Waals surface area contributed by atoms with Gasteiger partial charge in [-0.3, -0.25) is 14.9 Å². The van der Waals surface area contributed by atoms with Crippen molar-refractivity contribution < 1.29 is 9.72 Å². The molecule has 2 rings (SSSR count). The Morgan fingerprint density at radius 3 is 2.71 bits per heavy atom. The Labute approximate surface area is 124 Å². The maximum Gasteiger partial charge on any atom is 0.305 e. The molecule has 1 saturated carbocycles.